The molecule has 0 saturated carbocycles. The lowest BCUT2D eigenvalue weighted by Crippen LogP contribution is -1.89. The second kappa shape index (κ2) is 2.84. The fourth-order valence-electron chi connectivity index (χ4n) is 0.664. The van der Waals surface area contributed by atoms with Crippen LogP contribution in [-0.2, 0) is 18.3 Å². The third-order valence-electron chi connectivity index (χ3n) is 1.20. The number of aryl methyl sites for hydroxylation is 1. The van der Waals surface area contributed by atoms with Crippen molar-refractivity contribution in [1.82, 2.24) is 9.78 Å². The summed E-state index contributed by atoms with van der Waals surface area (Å²) in [5.74, 6) is 0. The van der Waals surface area contributed by atoms with Gasteiger partial charge in [0.15, 0.2) is 0 Å². The van der Waals surface area contributed by atoms with Crippen molar-refractivity contribution in [1.29, 1.82) is 0 Å². The lowest BCUT2D eigenvalue weighted by molar-refractivity contribution is 0.555. The molecule has 3 nitrogen and oxygen atoms in total. The number of carbonyl (C=O) groups excluding carboxylic acids is 1. The molecule has 1 rings (SSSR count). The van der Waals surface area contributed by atoms with Crippen LogP contribution in [0, 0.1) is 0 Å². The Balaban J connectivity index is 2.93. The van der Waals surface area contributed by atoms with Crippen LogP contribution >= 0.6 is 11.6 Å². The molecule has 0 fully saturated rings. The highest BCUT2D eigenvalue weighted by Gasteiger charge is 2.03. The quantitative estimate of drug-likeness (QED) is 0.634. The lowest BCUT2D eigenvalue weighted by atomic mass is 10.3. The van der Waals surface area contributed by atoms with E-state index in [1.54, 1.807) is 19.5 Å². The predicted octanol–water partition coefficient (Wildman–Crippen LogP) is 0.726. The van der Waals surface area contributed by atoms with Gasteiger partial charge in [-0.25, -0.2) is 0 Å². The molecule has 0 amide bonds. The average molecular weight is 158 g/mol. The first-order valence-electron chi connectivity index (χ1n) is 2.77. The highest BCUT2D eigenvalue weighted by molar-refractivity contribution is 6.30. The van der Waals surface area contributed by atoms with Gasteiger partial charge in [0.1, 0.15) is 5.15 Å². The molecule has 0 unspecified atom stereocenters. The third kappa shape index (κ3) is 1.19. The Morgan fingerprint density at radius 3 is 3.00 bits per heavy atom. The first-order chi connectivity index (χ1) is 4.75. The summed E-state index contributed by atoms with van der Waals surface area (Å²) in [4.78, 5) is 9.92. The Bertz CT molecular complexity index is 244. The molecule has 1 heterocycles. The van der Waals surface area contributed by atoms with Gasteiger partial charge < -0.3 is 0 Å². The maximum absolute atomic E-state index is 9.92. The van der Waals surface area contributed by atoms with Gasteiger partial charge in [-0.05, 0) is 0 Å². The van der Waals surface area contributed by atoms with Crippen LogP contribution in [0.5, 0.6) is 0 Å². The molecule has 0 N–H and O–H groups in total. The Kier molecular flexibility index (Phi) is 2.06. The molecule has 53 valence electrons. The molecule has 1 aromatic heterocycles. The third-order valence-corrected chi connectivity index (χ3v) is 1.69. The topological polar surface area (TPSA) is 34.9 Å². The summed E-state index contributed by atoms with van der Waals surface area (Å²) >= 11 is 5.71. The van der Waals surface area contributed by atoms with Crippen molar-refractivity contribution in [2.75, 3.05) is 0 Å². The second-order valence-corrected chi connectivity index (χ2v) is 2.26. The minimum Gasteiger partial charge on any atom is -0.291 e. The minimum atomic E-state index is 0.215. The fourth-order valence-corrected chi connectivity index (χ4v) is 0.824. The van der Waals surface area contributed by atoms with Crippen LogP contribution in [0.1, 0.15) is 5.56 Å². The van der Waals surface area contributed by atoms with Gasteiger partial charge in [-0.2, -0.15) is 5.10 Å². The number of hydrogen-bond donors (Lipinski definition) is 0. The van der Waals surface area contributed by atoms with Crippen molar-refractivity contribution in [3.63, 3.8) is 0 Å². The van der Waals surface area contributed by atoms with Gasteiger partial charge >= 0.3 is 0 Å². The largest absolute Gasteiger partial charge is 0.291 e. The summed E-state index contributed by atoms with van der Waals surface area (Å²) in [5, 5.41) is 4.34. The number of hydrogen-bond acceptors (Lipinski definition) is 2. The summed E-state index contributed by atoms with van der Waals surface area (Å²) in [5.41, 5.74) is 0.721. The zero-order valence-electron chi connectivity index (χ0n) is 5.47. The van der Waals surface area contributed by atoms with Crippen molar-refractivity contribution in [3.05, 3.63) is 16.9 Å². The molecule has 0 spiro atoms. The highest BCUT2D eigenvalue weighted by atomic mass is 35.5. The maximum Gasteiger partial charge on any atom is 0.203 e. The first kappa shape index (κ1) is 7.28. The van der Waals surface area contributed by atoms with Crippen LogP contribution in [0.15, 0.2) is 6.20 Å². The van der Waals surface area contributed by atoms with E-state index in [9.17, 15) is 4.79 Å². The molecule has 0 saturated heterocycles. The molecule has 1 radical (unpaired) electrons. The van der Waals surface area contributed by atoms with Gasteiger partial charge in [-0.1, -0.05) is 11.6 Å². The van der Waals surface area contributed by atoms with Crippen LogP contribution in [0.4, 0.5) is 0 Å². The Morgan fingerprint density at radius 1 is 1.90 bits per heavy atom. The Morgan fingerprint density at radius 2 is 2.60 bits per heavy atom. The predicted molar refractivity (Wildman–Crippen MR) is 37.6 cm³/mol. The highest BCUT2D eigenvalue weighted by Crippen LogP contribution is 2.12. The van der Waals surface area contributed by atoms with Crippen LogP contribution in [-0.4, -0.2) is 16.1 Å². The smallest absolute Gasteiger partial charge is 0.203 e. The van der Waals surface area contributed by atoms with Crippen LogP contribution in [0.3, 0.4) is 0 Å². The lowest BCUT2D eigenvalue weighted by Gasteiger charge is -1.90. The Hall–Kier alpha value is -0.830. The van der Waals surface area contributed by atoms with Crippen LogP contribution in [0.2, 0.25) is 5.15 Å². The van der Waals surface area contributed by atoms with E-state index in [-0.39, 0.29) is 6.42 Å². The van der Waals surface area contributed by atoms with E-state index >= 15 is 0 Å². The fraction of sp³-hybridized carbons (Fsp3) is 0.333. The molecular weight excluding hydrogens is 152 g/mol. The van der Waals surface area contributed by atoms with Gasteiger partial charge in [-0.15, -0.1) is 0 Å². The summed E-state index contributed by atoms with van der Waals surface area (Å²) in [6, 6.07) is 0. The molecule has 0 atom stereocenters. The first-order valence-corrected chi connectivity index (χ1v) is 3.15. The van der Waals surface area contributed by atoms with E-state index in [2.05, 4.69) is 5.10 Å². The number of aromatic nitrogens is 2. The summed E-state index contributed by atoms with van der Waals surface area (Å²) in [6.45, 7) is 0. The summed E-state index contributed by atoms with van der Waals surface area (Å²) in [7, 11) is 1.72. The van der Waals surface area contributed by atoms with Crippen molar-refractivity contribution < 1.29 is 4.79 Å². The van der Waals surface area contributed by atoms with Crippen molar-refractivity contribution in [3.8, 4) is 0 Å². The van der Waals surface area contributed by atoms with Gasteiger partial charge in [0.25, 0.3) is 0 Å². The van der Waals surface area contributed by atoms with Crippen molar-refractivity contribution >= 4 is 17.9 Å². The molecule has 1 aromatic rings. The van der Waals surface area contributed by atoms with Crippen LogP contribution < -0.4 is 0 Å². The molecule has 10 heavy (non-hydrogen) atoms. The molecule has 0 aliphatic carbocycles. The SMILES string of the molecule is Cn1ncc(C[C]=O)c1Cl. The summed E-state index contributed by atoms with van der Waals surface area (Å²) < 4.78 is 1.51. The number of rotatable bonds is 2. The van der Waals surface area contributed by atoms with Crippen LogP contribution in [0.25, 0.3) is 0 Å². The minimum absolute atomic E-state index is 0.215. The second-order valence-electron chi connectivity index (χ2n) is 1.91. The zero-order chi connectivity index (χ0) is 7.56. The standard InChI is InChI=1S/C6H6ClN2O/c1-9-6(7)5(2-3-10)4-8-9/h4H,2H2,1H3. The maximum atomic E-state index is 9.92. The van der Waals surface area contributed by atoms with E-state index in [0.717, 1.165) is 5.56 Å². The van der Waals surface area contributed by atoms with E-state index in [1.807, 2.05) is 0 Å². The average Bonchev–Trinajstić information content (AvgIpc) is 2.20. The van der Waals surface area contributed by atoms with E-state index in [1.165, 1.54) is 4.68 Å². The Labute approximate surface area is 63.6 Å². The van der Waals surface area contributed by atoms with Gasteiger partial charge in [0, 0.05) is 19.0 Å². The molecule has 0 bridgehead atoms. The number of nitrogens with zero attached hydrogens (tertiary/aromatic N) is 2. The molecule has 0 aliphatic rings. The summed E-state index contributed by atoms with van der Waals surface area (Å²) in [6.07, 6.45) is 3.53. The molecular formula is C6H6ClN2O. The van der Waals surface area contributed by atoms with Gasteiger partial charge in [0.05, 0.1) is 6.20 Å². The zero-order valence-corrected chi connectivity index (χ0v) is 6.22. The molecule has 0 aromatic carbocycles. The van der Waals surface area contributed by atoms with E-state index < -0.39 is 0 Å². The monoisotopic (exact) mass is 157 g/mol. The molecule has 0 aliphatic heterocycles. The van der Waals surface area contributed by atoms with Gasteiger partial charge in [0.2, 0.25) is 6.29 Å². The number of halogens is 1. The van der Waals surface area contributed by atoms with E-state index in [4.69, 9.17) is 11.6 Å². The van der Waals surface area contributed by atoms with Gasteiger partial charge in [-0.3, -0.25) is 9.48 Å². The molecule has 4 heteroatoms. The normalized spacial score (nSPS) is 9.80. The van der Waals surface area contributed by atoms with E-state index in [0.29, 0.717) is 5.15 Å². The van der Waals surface area contributed by atoms with Crippen molar-refractivity contribution in [2.45, 2.75) is 6.42 Å². The van der Waals surface area contributed by atoms with Crippen molar-refractivity contribution in [2.24, 2.45) is 7.05 Å².